The van der Waals surface area contributed by atoms with Gasteiger partial charge in [-0.25, -0.2) is 8.78 Å². The first-order valence-corrected chi connectivity index (χ1v) is 4.81. The van der Waals surface area contributed by atoms with E-state index in [0.29, 0.717) is 0 Å². The average Bonchev–Trinajstić information content (AvgIpc) is 2.28. The predicted octanol–water partition coefficient (Wildman–Crippen LogP) is 2.70. The Balaban J connectivity index is 3.46. The van der Waals surface area contributed by atoms with Crippen molar-refractivity contribution in [2.45, 2.75) is 18.7 Å². The average molecular weight is 242 g/mol. The molecule has 0 bridgehead atoms. The first-order chi connectivity index (χ1) is 7.65. The molecule has 0 saturated heterocycles. The summed E-state index contributed by atoms with van der Waals surface area (Å²) >= 11 is 5.46. The number of nitrogens with zero attached hydrogens (tertiary/aromatic N) is 3. The van der Waals surface area contributed by atoms with Crippen LogP contribution in [0.15, 0.2) is 6.20 Å². The first kappa shape index (κ1) is 12.4. The van der Waals surface area contributed by atoms with E-state index in [1.54, 1.807) is 12.1 Å². The smallest absolute Gasteiger partial charge is 0.259 e. The second kappa shape index (κ2) is 5.39. The third-order valence-electron chi connectivity index (χ3n) is 2.00. The third-order valence-corrected chi connectivity index (χ3v) is 2.26. The zero-order valence-corrected chi connectivity index (χ0v) is 8.80. The zero-order valence-electron chi connectivity index (χ0n) is 8.04. The van der Waals surface area contributed by atoms with E-state index < -0.39 is 12.0 Å². The van der Waals surface area contributed by atoms with Gasteiger partial charge in [-0.05, 0) is 0 Å². The minimum atomic E-state index is -2.82. The Morgan fingerprint density at radius 3 is 2.56 bits per heavy atom. The molecule has 6 heteroatoms. The number of alkyl halides is 3. The molecule has 1 aromatic heterocycles. The summed E-state index contributed by atoms with van der Waals surface area (Å²) in [5, 5.41) is 17.3. The molecule has 1 heterocycles. The standard InChI is InChI=1S/C10H6ClF2N3/c11-3-8-9(10(12)13)7(4-15)6(1-2-14)5-16-8/h5,10H,1,3H2. The van der Waals surface area contributed by atoms with Gasteiger partial charge in [0, 0.05) is 11.8 Å². The number of halogens is 3. The summed E-state index contributed by atoms with van der Waals surface area (Å²) in [5.74, 6) is -0.193. The molecule has 0 aromatic carbocycles. The van der Waals surface area contributed by atoms with Crippen molar-refractivity contribution in [3.63, 3.8) is 0 Å². The highest BCUT2D eigenvalue weighted by atomic mass is 35.5. The van der Waals surface area contributed by atoms with E-state index in [9.17, 15) is 8.78 Å². The number of hydrogen-bond acceptors (Lipinski definition) is 3. The van der Waals surface area contributed by atoms with Crippen molar-refractivity contribution in [1.82, 2.24) is 4.98 Å². The van der Waals surface area contributed by atoms with Crippen LogP contribution in [0.25, 0.3) is 0 Å². The second-order valence-electron chi connectivity index (χ2n) is 2.90. The van der Waals surface area contributed by atoms with Gasteiger partial charge in [-0.2, -0.15) is 10.5 Å². The van der Waals surface area contributed by atoms with Crippen LogP contribution in [0.1, 0.15) is 28.8 Å². The van der Waals surface area contributed by atoms with Gasteiger partial charge in [0.15, 0.2) is 0 Å². The molecular weight excluding hydrogens is 236 g/mol. The minimum absolute atomic E-state index is 0.0186. The first-order valence-electron chi connectivity index (χ1n) is 4.27. The SMILES string of the molecule is N#CCc1cnc(CCl)c(C(F)F)c1C#N. The number of hydrogen-bond donors (Lipinski definition) is 0. The number of aromatic nitrogens is 1. The Bertz CT molecular complexity index is 474. The molecule has 0 radical (unpaired) electrons. The van der Waals surface area contributed by atoms with Crippen molar-refractivity contribution in [2.24, 2.45) is 0 Å². The monoisotopic (exact) mass is 241 g/mol. The van der Waals surface area contributed by atoms with Crippen LogP contribution < -0.4 is 0 Å². The second-order valence-corrected chi connectivity index (χ2v) is 3.17. The molecule has 0 aliphatic heterocycles. The van der Waals surface area contributed by atoms with Crippen molar-refractivity contribution in [3.05, 3.63) is 28.6 Å². The van der Waals surface area contributed by atoms with Gasteiger partial charge < -0.3 is 0 Å². The van der Waals surface area contributed by atoms with Gasteiger partial charge in [0.25, 0.3) is 6.43 Å². The lowest BCUT2D eigenvalue weighted by Gasteiger charge is -2.09. The van der Waals surface area contributed by atoms with Gasteiger partial charge in [-0.15, -0.1) is 11.6 Å². The van der Waals surface area contributed by atoms with Crippen LogP contribution in [0, 0.1) is 22.7 Å². The van der Waals surface area contributed by atoms with E-state index in [4.69, 9.17) is 22.1 Å². The Labute approximate surface area is 95.9 Å². The summed E-state index contributed by atoms with van der Waals surface area (Å²) in [6.45, 7) is 0. The Kier molecular flexibility index (Phi) is 4.16. The topological polar surface area (TPSA) is 60.5 Å². The fraction of sp³-hybridized carbons (Fsp3) is 0.300. The number of rotatable bonds is 3. The molecule has 82 valence electrons. The molecule has 1 rings (SSSR count). The highest BCUT2D eigenvalue weighted by molar-refractivity contribution is 6.17. The van der Waals surface area contributed by atoms with Crippen LogP contribution >= 0.6 is 11.6 Å². The van der Waals surface area contributed by atoms with E-state index in [1.807, 2.05) is 0 Å². The lowest BCUT2D eigenvalue weighted by Crippen LogP contribution is -2.04. The largest absolute Gasteiger partial charge is 0.266 e. The summed E-state index contributed by atoms with van der Waals surface area (Å²) in [6, 6.07) is 3.47. The predicted molar refractivity (Wildman–Crippen MR) is 52.8 cm³/mol. The summed E-state index contributed by atoms with van der Waals surface area (Å²) < 4.78 is 25.5. The lowest BCUT2D eigenvalue weighted by molar-refractivity contribution is 0.149. The molecule has 0 spiro atoms. The fourth-order valence-electron chi connectivity index (χ4n) is 1.30. The van der Waals surface area contributed by atoms with E-state index in [0.717, 1.165) is 0 Å². The van der Waals surface area contributed by atoms with Gasteiger partial charge in [-0.3, -0.25) is 4.98 Å². The molecule has 0 atom stereocenters. The molecule has 3 nitrogen and oxygen atoms in total. The van der Waals surface area contributed by atoms with Gasteiger partial charge in [-0.1, -0.05) is 0 Å². The molecule has 0 aliphatic carbocycles. The maximum atomic E-state index is 12.7. The van der Waals surface area contributed by atoms with Crippen molar-refractivity contribution < 1.29 is 8.78 Å². The minimum Gasteiger partial charge on any atom is -0.259 e. The molecule has 0 saturated carbocycles. The van der Waals surface area contributed by atoms with Crippen LogP contribution in [0.2, 0.25) is 0 Å². The van der Waals surface area contributed by atoms with Crippen molar-refractivity contribution in [2.75, 3.05) is 0 Å². The van der Waals surface area contributed by atoms with E-state index >= 15 is 0 Å². The molecule has 16 heavy (non-hydrogen) atoms. The lowest BCUT2D eigenvalue weighted by atomic mass is 10.0. The Morgan fingerprint density at radius 1 is 1.44 bits per heavy atom. The number of nitriles is 2. The Morgan fingerprint density at radius 2 is 2.12 bits per heavy atom. The summed E-state index contributed by atoms with van der Waals surface area (Å²) in [7, 11) is 0. The van der Waals surface area contributed by atoms with Crippen molar-refractivity contribution >= 4 is 11.6 Å². The van der Waals surface area contributed by atoms with Crippen LogP contribution in [-0.2, 0) is 12.3 Å². The van der Waals surface area contributed by atoms with Gasteiger partial charge in [0.2, 0.25) is 0 Å². The molecule has 0 aliphatic rings. The zero-order chi connectivity index (χ0) is 12.1. The van der Waals surface area contributed by atoms with Gasteiger partial charge >= 0.3 is 0 Å². The van der Waals surface area contributed by atoms with E-state index in [-0.39, 0.29) is 29.1 Å². The molecule has 0 unspecified atom stereocenters. The molecule has 0 N–H and O–H groups in total. The van der Waals surface area contributed by atoms with Crippen LogP contribution in [0.4, 0.5) is 8.78 Å². The maximum absolute atomic E-state index is 12.7. The molecular formula is C10H6ClF2N3. The quantitative estimate of drug-likeness (QED) is 0.765. The van der Waals surface area contributed by atoms with Crippen LogP contribution in [0.5, 0.6) is 0 Å². The summed E-state index contributed by atoms with van der Waals surface area (Å²) in [6.07, 6.45) is -1.71. The van der Waals surface area contributed by atoms with Crippen LogP contribution in [-0.4, -0.2) is 4.98 Å². The van der Waals surface area contributed by atoms with Gasteiger partial charge in [0.05, 0.1) is 35.2 Å². The Hall–Kier alpha value is -1.72. The summed E-state index contributed by atoms with van der Waals surface area (Å²) in [4.78, 5) is 3.73. The molecule has 0 amide bonds. The van der Waals surface area contributed by atoms with Crippen LogP contribution in [0.3, 0.4) is 0 Å². The highest BCUT2D eigenvalue weighted by Gasteiger charge is 2.21. The maximum Gasteiger partial charge on any atom is 0.266 e. The van der Waals surface area contributed by atoms with Crippen molar-refractivity contribution in [3.8, 4) is 12.1 Å². The highest BCUT2D eigenvalue weighted by Crippen LogP contribution is 2.28. The summed E-state index contributed by atoms with van der Waals surface area (Å²) in [5.41, 5.74) is -0.475. The fourth-order valence-corrected chi connectivity index (χ4v) is 1.51. The molecule has 0 fully saturated rings. The molecule has 1 aromatic rings. The number of pyridine rings is 1. The normalized spacial score (nSPS) is 9.88. The van der Waals surface area contributed by atoms with E-state index in [2.05, 4.69) is 4.98 Å². The van der Waals surface area contributed by atoms with Crippen molar-refractivity contribution in [1.29, 1.82) is 10.5 Å². The van der Waals surface area contributed by atoms with E-state index in [1.165, 1.54) is 6.20 Å². The third kappa shape index (κ3) is 2.26. The van der Waals surface area contributed by atoms with Gasteiger partial charge in [0.1, 0.15) is 6.07 Å².